The number of rotatable bonds is 1. The molecule has 24 heavy (non-hydrogen) atoms. The van der Waals surface area contributed by atoms with E-state index in [1.807, 2.05) is 0 Å². The van der Waals surface area contributed by atoms with Crippen molar-refractivity contribution in [2.75, 3.05) is 11.4 Å². The van der Waals surface area contributed by atoms with Gasteiger partial charge in [-0.05, 0) is 39.7 Å². The van der Waals surface area contributed by atoms with Crippen molar-refractivity contribution in [1.29, 1.82) is 0 Å². The number of nitrogens with zero attached hydrogens (tertiary/aromatic N) is 1. The fraction of sp³-hybridized carbons (Fsp3) is 0.391. The van der Waals surface area contributed by atoms with Crippen molar-refractivity contribution in [3.8, 4) is 0 Å². The zero-order chi connectivity index (χ0) is 17.5. The third-order valence-electron chi connectivity index (χ3n) is 4.77. The second kappa shape index (κ2) is 5.81. The minimum Gasteiger partial charge on any atom is -0.337 e. The molecule has 1 nitrogen and oxygen atoms in total. The van der Waals surface area contributed by atoms with Gasteiger partial charge in [-0.3, -0.25) is 0 Å². The average Bonchev–Trinajstić information content (AvgIpc) is 2.52. The van der Waals surface area contributed by atoms with Crippen molar-refractivity contribution in [2.45, 2.75) is 52.4 Å². The van der Waals surface area contributed by atoms with Gasteiger partial charge in [0.25, 0.3) is 0 Å². The molecular weight excluding hydrogens is 290 g/mol. The van der Waals surface area contributed by atoms with Crippen molar-refractivity contribution in [3.05, 3.63) is 65.2 Å². The van der Waals surface area contributed by atoms with Gasteiger partial charge in [0.05, 0.1) is 0 Å². The van der Waals surface area contributed by atoms with Crippen LogP contribution in [0.2, 0.25) is 0 Å². The third-order valence-corrected chi connectivity index (χ3v) is 4.77. The van der Waals surface area contributed by atoms with Gasteiger partial charge in [-0.2, -0.15) is 0 Å². The van der Waals surface area contributed by atoms with Crippen LogP contribution in [0.5, 0.6) is 0 Å². The largest absolute Gasteiger partial charge is 0.337 e. The van der Waals surface area contributed by atoms with Crippen LogP contribution in [0.1, 0.15) is 58.2 Å². The zero-order valence-corrected chi connectivity index (χ0v) is 15.9. The summed E-state index contributed by atoms with van der Waals surface area (Å²) in [5.41, 5.74) is 7.01. The van der Waals surface area contributed by atoms with E-state index in [9.17, 15) is 0 Å². The van der Waals surface area contributed by atoms with E-state index >= 15 is 0 Å². The highest BCUT2D eigenvalue weighted by atomic mass is 15.1. The van der Waals surface area contributed by atoms with Crippen LogP contribution in [0.15, 0.2) is 48.5 Å². The summed E-state index contributed by atoms with van der Waals surface area (Å²) in [7, 11) is 0. The number of para-hydroxylation sites is 1. The Bertz CT molecular complexity index is 769. The summed E-state index contributed by atoms with van der Waals surface area (Å²) < 4.78 is 0. The standard InChI is InChI=1S/C23H29N/c1-22(2,3)18-13-14-21(19(16-18)23(4,5)6)24-15-9-11-17-10-7-8-12-20(17)24/h7-14,16H,15H2,1-6H3. The second-order valence-corrected chi connectivity index (χ2v) is 8.80. The summed E-state index contributed by atoms with van der Waals surface area (Å²) in [6, 6.07) is 15.7. The maximum absolute atomic E-state index is 2.45. The molecule has 0 radical (unpaired) electrons. The molecule has 0 unspecified atom stereocenters. The second-order valence-electron chi connectivity index (χ2n) is 8.80. The first-order chi connectivity index (χ1) is 11.2. The van der Waals surface area contributed by atoms with Crippen molar-refractivity contribution in [3.63, 3.8) is 0 Å². The van der Waals surface area contributed by atoms with Crippen LogP contribution >= 0.6 is 0 Å². The van der Waals surface area contributed by atoms with E-state index in [0.717, 1.165) is 6.54 Å². The summed E-state index contributed by atoms with van der Waals surface area (Å²) >= 11 is 0. The van der Waals surface area contributed by atoms with Gasteiger partial charge < -0.3 is 4.90 Å². The fourth-order valence-corrected chi connectivity index (χ4v) is 3.32. The molecule has 0 atom stereocenters. The first-order valence-corrected chi connectivity index (χ1v) is 8.86. The van der Waals surface area contributed by atoms with E-state index in [-0.39, 0.29) is 10.8 Å². The molecule has 0 saturated heterocycles. The maximum atomic E-state index is 2.45. The van der Waals surface area contributed by atoms with Crippen molar-refractivity contribution >= 4 is 17.5 Å². The molecule has 1 heterocycles. The van der Waals surface area contributed by atoms with Crippen LogP contribution < -0.4 is 4.90 Å². The number of hydrogen-bond donors (Lipinski definition) is 0. The first-order valence-electron chi connectivity index (χ1n) is 8.86. The van der Waals surface area contributed by atoms with E-state index in [1.165, 1.54) is 28.1 Å². The van der Waals surface area contributed by atoms with Crippen LogP contribution in [0.25, 0.3) is 6.08 Å². The van der Waals surface area contributed by atoms with Crippen LogP contribution in [0.4, 0.5) is 11.4 Å². The van der Waals surface area contributed by atoms with Crippen molar-refractivity contribution < 1.29 is 0 Å². The van der Waals surface area contributed by atoms with Gasteiger partial charge in [-0.1, -0.05) is 84.0 Å². The molecule has 2 aromatic rings. The van der Waals surface area contributed by atoms with Gasteiger partial charge in [0.15, 0.2) is 0 Å². The lowest BCUT2D eigenvalue weighted by molar-refractivity contribution is 0.568. The van der Waals surface area contributed by atoms with Crippen LogP contribution in [-0.2, 0) is 10.8 Å². The molecule has 1 heteroatoms. The molecule has 0 aliphatic carbocycles. The number of fused-ring (bicyclic) bond motifs is 1. The molecule has 2 aromatic carbocycles. The lowest BCUT2D eigenvalue weighted by atomic mass is 9.79. The van der Waals surface area contributed by atoms with Crippen molar-refractivity contribution in [2.24, 2.45) is 0 Å². The Labute approximate surface area is 147 Å². The molecule has 0 spiro atoms. The van der Waals surface area contributed by atoms with E-state index < -0.39 is 0 Å². The van der Waals surface area contributed by atoms with Crippen LogP contribution in [-0.4, -0.2) is 6.54 Å². The number of hydrogen-bond acceptors (Lipinski definition) is 1. The van der Waals surface area contributed by atoms with Gasteiger partial charge in [0.2, 0.25) is 0 Å². The molecule has 3 rings (SSSR count). The van der Waals surface area contributed by atoms with E-state index in [0.29, 0.717) is 0 Å². The maximum Gasteiger partial charge on any atom is 0.0487 e. The fourth-order valence-electron chi connectivity index (χ4n) is 3.32. The Morgan fingerprint density at radius 1 is 0.792 bits per heavy atom. The van der Waals surface area contributed by atoms with E-state index in [1.54, 1.807) is 0 Å². The topological polar surface area (TPSA) is 3.24 Å². The first kappa shape index (κ1) is 16.8. The third kappa shape index (κ3) is 3.13. The number of benzene rings is 2. The quantitative estimate of drug-likeness (QED) is 0.584. The SMILES string of the molecule is CC(C)(C)c1ccc(N2CC=Cc3ccccc32)c(C(C)(C)C)c1. The van der Waals surface area contributed by atoms with Gasteiger partial charge in [-0.15, -0.1) is 0 Å². The van der Waals surface area contributed by atoms with Crippen molar-refractivity contribution in [1.82, 2.24) is 0 Å². The summed E-state index contributed by atoms with van der Waals surface area (Å²) in [6.07, 6.45) is 4.48. The molecule has 0 bridgehead atoms. The minimum atomic E-state index is 0.104. The van der Waals surface area contributed by atoms with Gasteiger partial charge in [-0.25, -0.2) is 0 Å². The van der Waals surface area contributed by atoms with Gasteiger partial charge in [0.1, 0.15) is 0 Å². The Morgan fingerprint density at radius 3 is 2.17 bits per heavy atom. The van der Waals surface area contributed by atoms with Crippen LogP contribution in [0, 0.1) is 0 Å². The molecule has 0 saturated carbocycles. The monoisotopic (exact) mass is 319 g/mol. The van der Waals surface area contributed by atoms with Crippen LogP contribution in [0.3, 0.4) is 0 Å². The van der Waals surface area contributed by atoms with Gasteiger partial charge >= 0.3 is 0 Å². The zero-order valence-electron chi connectivity index (χ0n) is 15.9. The molecule has 126 valence electrons. The summed E-state index contributed by atoms with van der Waals surface area (Å²) in [5.74, 6) is 0. The lowest BCUT2D eigenvalue weighted by Gasteiger charge is -2.35. The normalized spacial score (nSPS) is 14.7. The Kier molecular flexibility index (Phi) is 4.07. The molecule has 0 aromatic heterocycles. The highest BCUT2D eigenvalue weighted by molar-refractivity contribution is 5.79. The van der Waals surface area contributed by atoms with Gasteiger partial charge in [0, 0.05) is 17.9 Å². The smallest absolute Gasteiger partial charge is 0.0487 e. The Morgan fingerprint density at radius 2 is 1.50 bits per heavy atom. The Hall–Kier alpha value is -2.02. The van der Waals surface area contributed by atoms with E-state index in [4.69, 9.17) is 0 Å². The molecule has 0 amide bonds. The summed E-state index contributed by atoms with van der Waals surface area (Å²) in [5, 5.41) is 0. The Balaban J connectivity index is 2.17. The summed E-state index contributed by atoms with van der Waals surface area (Å²) in [6.45, 7) is 14.7. The number of anilines is 2. The molecule has 0 fully saturated rings. The predicted molar refractivity (Wildman–Crippen MR) is 106 cm³/mol. The molecule has 1 aliphatic rings. The average molecular weight is 319 g/mol. The summed E-state index contributed by atoms with van der Waals surface area (Å²) in [4.78, 5) is 2.45. The minimum absolute atomic E-state index is 0.104. The lowest BCUT2D eigenvalue weighted by Crippen LogP contribution is -2.25. The van der Waals surface area contributed by atoms with E-state index in [2.05, 4.69) is 101 Å². The molecule has 1 aliphatic heterocycles. The molecule has 0 N–H and O–H groups in total. The highest BCUT2D eigenvalue weighted by Crippen LogP contribution is 2.40. The molecular formula is C23H29N. The predicted octanol–water partition coefficient (Wildman–Crippen LogP) is 6.45. The highest BCUT2D eigenvalue weighted by Gasteiger charge is 2.26.